The van der Waals surface area contributed by atoms with Crippen LogP contribution in [0.25, 0.3) is 0 Å². The number of hydrogen-bond acceptors (Lipinski definition) is 5. The average Bonchev–Trinajstić information content (AvgIpc) is 3.16. The molecule has 0 spiro atoms. The Morgan fingerprint density at radius 2 is 2.10 bits per heavy atom. The maximum atomic E-state index is 11.3. The summed E-state index contributed by atoms with van der Waals surface area (Å²) in [5.74, 6) is 3.00. The van der Waals surface area contributed by atoms with Crippen molar-refractivity contribution in [2.75, 3.05) is 30.4 Å². The molecule has 0 radical (unpaired) electrons. The summed E-state index contributed by atoms with van der Waals surface area (Å²) in [5, 5.41) is 3.15. The molecule has 2 aliphatic rings. The molecule has 1 saturated heterocycles. The molecule has 20 heavy (non-hydrogen) atoms. The monoisotopic (exact) mass is 275 g/mol. The molecule has 1 aliphatic carbocycles. The molecule has 1 aromatic heterocycles. The third-order valence-electron chi connectivity index (χ3n) is 4.21. The average molecular weight is 275 g/mol. The van der Waals surface area contributed by atoms with Crippen LogP contribution < -0.4 is 16.0 Å². The van der Waals surface area contributed by atoms with Crippen LogP contribution in [-0.2, 0) is 4.79 Å². The number of amides is 1. The Hall–Kier alpha value is -1.85. The minimum absolute atomic E-state index is 0.0632. The van der Waals surface area contributed by atoms with Crippen molar-refractivity contribution in [3.63, 3.8) is 0 Å². The number of hydrogen-bond donors (Lipinski definition) is 2. The normalized spacial score (nSPS) is 22.1. The van der Waals surface area contributed by atoms with E-state index in [-0.39, 0.29) is 11.8 Å². The molecule has 1 unspecified atom stereocenters. The van der Waals surface area contributed by atoms with E-state index >= 15 is 0 Å². The highest BCUT2D eigenvalue weighted by Gasteiger charge is 2.32. The van der Waals surface area contributed by atoms with Gasteiger partial charge >= 0.3 is 0 Å². The van der Waals surface area contributed by atoms with Crippen LogP contribution in [0.5, 0.6) is 0 Å². The highest BCUT2D eigenvalue weighted by molar-refractivity contribution is 5.78. The number of carbonyl (C=O) groups excluding carboxylic acids is 1. The smallest absolute Gasteiger partial charge is 0.222 e. The van der Waals surface area contributed by atoms with Crippen LogP contribution in [-0.4, -0.2) is 36.0 Å². The number of nitrogens with one attached hydrogen (secondary N) is 1. The van der Waals surface area contributed by atoms with E-state index in [0.29, 0.717) is 12.5 Å². The predicted molar refractivity (Wildman–Crippen MR) is 77.8 cm³/mol. The van der Waals surface area contributed by atoms with Crippen molar-refractivity contribution in [1.82, 2.24) is 9.97 Å². The maximum absolute atomic E-state index is 11.3. The van der Waals surface area contributed by atoms with Gasteiger partial charge in [-0.1, -0.05) is 0 Å². The van der Waals surface area contributed by atoms with Crippen LogP contribution in [0.1, 0.15) is 36.6 Å². The van der Waals surface area contributed by atoms with E-state index in [1.54, 1.807) is 0 Å². The molecule has 0 aromatic carbocycles. The SMILES string of the molecule is CNc1nc(C2CC2)nc(N2CCC(C(N)=O)C2)c1C. The van der Waals surface area contributed by atoms with Crippen molar-refractivity contribution in [2.45, 2.75) is 32.1 Å². The summed E-state index contributed by atoms with van der Waals surface area (Å²) < 4.78 is 0. The summed E-state index contributed by atoms with van der Waals surface area (Å²) in [5.41, 5.74) is 6.45. The predicted octanol–water partition coefficient (Wildman–Crippen LogP) is 1.02. The largest absolute Gasteiger partial charge is 0.373 e. The first-order valence-electron chi connectivity index (χ1n) is 7.20. The van der Waals surface area contributed by atoms with E-state index in [2.05, 4.69) is 15.2 Å². The number of anilines is 2. The number of rotatable bonds is 4. The van der Waals surface area contributed by atoms with Crippen molar-refractivity contribution in [3.05, 3.63) is 11.4 Å². The molecule has 1 atom stereocenters. The van der Waals surface area contributed by atoms with Gasteiger partial charge in [-0.3, -0.25) is 4.79 Å². The number of aromatic nitrogens is 2. The van der Waals surface area contributed by atoms with Crippen molar-refractivity contribution in [3.8, 4) is 0 Å². The van der Waals surface area contributed by atoms with Crippen LogP contribution in [0.3, 0.4) is 0 Å². The third-order valence-corrected chi connectivity index (χ3v) is 4.21. The van der Waals surface area contributed by atoms with Gasteiger partial charge in [-0.05, 0) is 26.2 Å². The Morgan fingerprint density at radius 1 is 1.35 bits per heavy atom. The van der Waals surface area contributed by atoms with Gasteiger partial charge in [0.2, 0.25) is 5.91 Å². The highest BCUT2D eigenvalue weighted by Crippen LogP contribution is 2.40. The number of carbonyl (C=O) groups is 1. The standard InChI is InChI=1S/C14H21N5O/c1-8-12(16-2)17-13(9-3-4-9)18-14(8)19-6-5-10(7-19)11(15)20/h9-10H,3-7H2,1-2H3,(H2,15,20)(H,16,17,18). The minimum atomic E-state index is -0.213. The molecule has 1 aromatic rings. The summed E-state index contributed by atoms with van der Waals surface area (Å²) in [7, 11) is 1.88. The topological polar surface area (TPSA) is 84.1 Å². The first-order chi connectivity index (χ1) is 9.60. The van der Waals surface area contributed by atoms with Crippen molar-refractivity contribution in [1.29, 1.82) is 0 Å². The molecule has 3 N–H and O–H groups in total. The summed E-state index contributed by atoms with van der Waals surface area (Å²) in [6.07, 6.45) is 3.16. The molecule has 6 heteroatoms. The van der Waals surface area contributed by atoms with Crippen LogP contribution in [0.2, 0.25) is 0 Å². The van der Waals surface area contributed by atoms with E-state index < -0.39 is 0 Å². The van der Waals surface area contributed by atoms with Crippen molar-refractivity contribution >= 4 is 17.5 Å². The minimum Gasteiger partial charge on any atom is -0.373 e. The van der Waals surface area contributed by atoms with Gasteiger partial charge < -0.3 is 16.0 Å². The fourth-order valence-electron chi connectivity index (χ4n) is 2.78. The lowest BCUT2D eigenvalue weighted by molar-refractivity contribution is -0.121. The molecule has 1 aliphatic heterocycles. The summed E-state index contributed by atoms with van der Waals surface area (Å²) in [6.45, 7) is 3.52. The van der Waals surface area contributed by atoms with Gasteiger partial charge in [0.25, 0.3) is 0 Å². The van der Waals surface area contributed by atoms with Crippen molar-refractivity contribution < 1.29 is 4.79 Å². The van der Waals surface area contributed by atoms with Gasteiger partial charge in [0.05, 0.1) is 5.92 Å². The highest BCUT2D eigenvalue weighted by atomic mass is 16.1. The Bertz CT molecular complexity index is 541. The molecular weight excluding hydrogens is 254 g/mol. The second kappa shape index (κ2) is 4.92. The van der Waals surface area contributed by atoms with Crippen LogP contribution in [0.15, 0.2) is 0 Å². The molecule has 0 bridgehead atoms. The van der Waals surface area contributed by atoms with E-state index in [9.17, 15) is 4.79 Å². The lowest BCUT2D eigenvalue weighted by Crippen LogP contribution is -2.28. The summed E-state index contributed by atoms with van der Waals surface area (Å²) >= 11 is 0. The van der Waals surface area contributed by atoms with Gasteiger partial charge in [-0.25, -0.2) is 9.97 Å². The quantitative estimate of drug-likeness (QED) is 0.857. The van der Waals surface area contributed by atoms with E-state index in [0.717, 1.165) is 36.0 Å². The molecular formula is C14H21N5O. The second-order valence-electron chi connectivity index (χ2n) is 5.74. The molecule has 3 rings (SSSR count). The fraction of sp³-hybridized carbons (Fsp3) is 0.643. The Balaban J connectivity index is 1.92. The molecule has 1 saturated carbocycles. The zero-order chi connectivity index (χ0) is 14.3. The van der Waals surface area contributed by atoms with Gasteiger partial charge in [-0.15, -0.1) is 0 Å². The van der Waals surface area contributed by atoms with Crippen LogP contribution in [0, 0.1) is 12.8 Å². The third kappa shape index (κ3) is 2.30. The van der Waals surface area contributed by atoms with Crippen LogP contribution >= 0.6 is 0 Å². The lowest BCUT2D eigenvalue weighted by Gasteiger charge is -2.21. The number of nitrogens with zero attached hydrogens (tertiary/aromatic N) is 3. The Labute approximate surface area is 118 Å². The molecule has 6 nitrogen and oxygen atoms in total. The van der Waals surface area contributed by atoms with E-state index in [4.69, 9.17) is 10.7 Å². The van der Waals surface area contributed by atoms with Gasteiger partial charge in [0.1, 0.15) is 17.5 Å². The zero-order valence-electron chi connectivity index (χ0n) is 12.0. The number of nitrogens with two attached hydrogens (primary N) is 1. The van der Waals surface area contributed by atoms with Gasteiger partial charge in [0.15, 0.2) is 0 Å². The lowest BCUT2D eigenvalue weighted by atomic mass is 10.1. The first-order valence-corrected chi connectivity index (χ1v) is 7.20. The zero-order valence-corrected chi connectivity index (χ0v) is 12.0. The number of primary amides is 1. The van der Waals surface area contributed by atoms with E-state index in [1.165, 1.54) is 12.8 Å². The molecule has 1 amide bonds. The maximum Gasteiger partial charge on any atom is 0.222 e. The van der Waals surface area contributed by atoms with Crippen molar-refractivity contribution in [2.24, 2.45) is 11.7 Å². The second-order valence-corrected chi connectivity index (χ2v) is 5.74. The Morgan fingerprint density at radius 3 is 2.65 bits per heavy atom. The Kier molecular flexibility index (Phi) is 3.23. The van der Waals surface area contributed by atoms with E-state index in [1.807, 2.05) is 14.0 Å². The molecule has 2 fully saturated rings. The summed E-state index contributed by atoms with van der Waals surface area (Å²) in [4.78, 5) is 22.8. The van der Waals surface area contributed by atoms with Gasteiger partial charge in [0, 0.05) is 31.6 Å². The summed E-state index contributed by atoms with van der Waals surface area (Å²) in [6, 6.07) is 0. The molecule has 108 valence electrons. The molecule has 2 heterocycles. The van der Waals surface area contributed by atoms with Gasteiger partial charge in [-0.2, -0.15) is 0 Å². The van der Waals surface area contributed by atoms with Crippen LogP contribution in [0.4, 0.5) is 11.6 Å². The fourth-order valence-corrected chi connectivity index (χ4v) is 2.78. The first kappa shape index (κ1) is 13.1.